The number of nitrogens with zero attached hydrogens (tertiary/aromatic N) is 8. The third-order valence-corrected chi connectivity index (χ3v) is 9.52. The van der Waals surface area contributed by atoms with Crippen LogP contribution in [0.15, 0.2) is 53.0 Å². The molecule has 0 N–H and O–H groups in total. The van der Waals surface area contributed by atoms with Gasteiger partial charge in [0.15, 0.2) is 11.6 Å². The van der Waals surface area contributed by atoms with Crippen LogP contribution in [0.25, 0.3) is 0 Å². The van der Waals surface area contributed by atoms with Crippen molar-refractivity contribution in [2.75, 3.05) is 22.9 Å². The summed E-state index contributed by atoms with van der Waals surface area (Å²) in [7, 11) is -0.446. The van der Waals surface area contributed by atoms with Crippen LogP contribution in [0.3, 0.4) is 0 Å². The Morgan fingerprint density at radius 1 is 0.625 bits per heavy atom. The van der Waals surface area contributed by atoms with Gasteiger partial charge in [-0.1, -0.05) is 28.1 Å². The van der Waals surface area contributed by atoms with Crippen molar-refractivity contribution in [2.45, 2.75) is 77.4 Å². The molecule has 4 aromatic rings. The average molecular weight is 741 g/mol. The Morgan fingerprint density at radius 2 is 1.02 bits per heavy atom. The van der Waals surface area contributed by atoms with Crippen LogP contribution >= 0.6 is 15.9 Å². The van der Waals surface area contributed by atoms with E-state index in [0.29, 0.717) is 31.3 Å². The zero-order valence-electron chi connectivity index (χ0n) is 26.5. The fourth-order valence-electron chi connectivity index (χ4n) is 5.65. The molecule has 0 unspecified atom stereocenters. The van der Waals surface area contributed by atoms with Crippen LogP contribution in [0.2, 0.25) is 0 Å². The lowest BCUT2D eigenvalue weighted by atomic mass is 9.79. The first-order valence-electron chi connectivity index (χ1n) is 15.1. The summed E-state index contributed by atoms with van der Waals surface area (Å²) in [5.41, 5.74) is 1.94. The summed E-state index contributed by atoms with van der Waals surface area (Å²) in [6.45, 7) is 9.97. The van der Waals surface area contributed by atoms with Crippen molar-refractivity contribution in [3.05, 3.63) is 76.3 Å². The van der Waals surface area contributed by atoms with Crippen molar-refractivity contribution in [1.29, 1.82) is 0 Å². The average Bonchev–Trinajstić information content (AvgIpc) is 3.70. The summed E-state index contributed by atoms with van der Waals surface area (Å²) in [4.78, 5) is 3.97. The fraction of sp³-hybridized carbons (Fsp3) is 0.467. The zero-order valence-corrected chi connectivity index (χ0v) is 28.1. The summed E-state index contributed by atoms with van der Waals surface area (Å²) in [5.74, 6) is -1.19. The van der Waals surface area contributed by atoms with Crippen molar-refractivity contribution >= 4 is 39.9 Å². The first-order chi connectivity index (χ1) is 22.4. The van der Waals surface area contributed by atoms with Gasteiger partial charge in [-0.15, -0.1) is 20.4 Å². The predicted molar refractivity (Wildman–Crippen MR) is 168 cm³/mol. The maximum absolute atomic E-state index is 13.0. The Balaban J connectivity index is 0.000000177. The van der Waals surface area contributed by atoms with Gasteiger partial charge in [-0.2, -0.15) is 26.3 Å². The highest BCUT2D eigenvalue weighted by molar-refractivity contribution is 9.10. The van der Waals surface area contributed by atoms with Gasteiger partial charge in [0.05, 0.1) is 24.3 Å². The number of anilines is 2. The van der Waals surface area contributed by atoms with E-state index in [1.165, 1.54) is 0 Å². The minimum atomic E-state index is -4.49. The first kappa shape index (κ1) is 34.2. The van der Waals surface area contributed by atoms with E-state index in [1.54, 1.807) is 0 Å². The van der Waals surface area contributed by atoms with Crippen molar-refractivity contribution in [1.82, 2.24) is 29.5 Å². The lowest BCUT2D eigenvalue weighted by molar-refractivity contribution is -0.148. The van der Waals surface area contributed by atoms with Crippen LogP contribution in [-0.4, -0.2) is 60.9 Å². The minimum absolute atomic E-state index is 0.191. The molecule has 256 valence electrons. The predicted octanol–water partition coefficient (Wildman–Crippen LogP) is 5.70. The van der Waals surface area contributed by atoms with E-state index < -0.39 is 42.3 Å². The number of fused-ring (bicyclic) bond motifs is 2. The minimum Gasteiger partial charge on any atom is -0.399 e. The normalized spacial score (nSPS) is 18.7. The molecule has 3 aliphatic heterocycles. The topological polar surface area (TPSA) is 86.4 Å². The van der Waals surface area contributed by atoms with Gasteiger partial charge < -0.3 is 28.2 Å². The van der Waals surface area contributed by atoms with Crippen molar-refractivity contribution in [3.63, 3.8) is 0 Å². The Bertz CT molecular complexity index is 1740. The number of alkyl halides is 6. The third kappa shape index (κ3) is 6.78. The Hall–Kier alpha value is -3.64. The quantitative estimate of drug-likeness (QED) is 0.196. The first-order valence-corrected chi connectivity index (χ1v) is 15.9. The van der Waals surface area contributed by atoms with E-state index in [1.807, 2.05) is 86.0 Å². The van der Waals surface area contributed by atoms with Crippen LogP contribution < -0.4 is 15.3 Å². The summed E-state index contributed by atoms with van der Waals surface area (Å²) in [6.07, 6.45) is -8.94. The van der Waals surface area contributed by atoms with Crippen LogP contribution in [0.1, 0.15) is 51.0 Å². The molecule has 48 heavy (non-hydrogen) atoms. The van der Waals surface area contributed by atoms with Crippen molar-refractivity contribution in [3.8, 4) is 0 Å². The van der Waals surface area contributed by atoms with Gasteiger partial charge >= 0.3 is 19.5 Å². The summed E-state index contributed by atoms with van der Waals surface area (Å²) in [5, 5.41) is 14.0. The number of hydrogen-bond acceptors (Lipinski definition) is 8. The van der Waals surface area contributed by atoms with E-state index >= 15 is 0 Å². The molecule has 10 nitrogen and oxygen atoms in total. The molecular weight excluding hydrogens is 709 g/mol. The second-order valence-corrected chi connectivity index (χ2v) is 13.6. The molecule has 0 radical (unpaired) electrons. The number of halogens is 7. The molecule has 1 fully saturated rings. The van der Waals surface area contributed by atoms with Gasteiger partial charge in [0, 0.05) is 42.0 Å². The highest BCUT2D eigenvalue weighted by atomic mass is 79.9. The van der Waals surface area contributed by atoms with Crippen molar-refractivity contribution < 1.29 is 35.7 Å². The molecule has 5 heterocycles. The Morgan fingerprint density at radius 3 is 1.42 bits per heavy atom. The van der Waals surface area contributed by atoms with Crippen LogP contribution in [0.5, 0.6) is 0 Å². The van der Waals surface area contributed by atoms with Crippen LogP contribution in [0, 0.1) is 0 Å². The van der Waals surface area contributed by atoms with Gasteiger partial charge in [-0.25, -0.2) is 0 Å². The number of rotatable bonds is 3. The lowest BCUT2D eigenvalue weighted by Gasteiger charge is -2.32. The standard InChI is InChI=1S/C18H22BF3N4O2.C12H10BrF3N4/c1-16(2)17(3,4)28-19(27-16)12-5-7-13(8-6-12)25-9-10-26-14(11-25)23-24-15(26)18(20,21)22;13-8-1-3-9(4-2-8)19-5-6-20-10(7-19)17-18-11(20)12(14,15)16/h5-8H,9-11H2,1-4H3;1-4H,5-7H2. The number of hydrogen-bond donors (Lipinski definition) is 0. The molecule has 0 amide bonds. The van der Waals surface area contributed by atoms with E-state index in [2.05, 4.69) is 36.3 Å². The molecule has 3 aliphatic rings. The maximum atomic E-state index is 13.0. The van der Waals surface area contributed by atoms with E-state index in [9.17, 15) is 26.3 Å². The van der Waals surface area contributed by atoms with Gasteiger partial charge in [-0.3, -0.25) is 0 Å². The van der Waals surface area contributed by atoms with Crippen molar-refractivity contribution in [2.24, 2.45) is 0 Å². The van der Waals surface area contributed by atoms with E-state index in [-0.39, 0.29) is 19.6 Å². The maximum Gasteiger partial charge on any atom is 0.494 e. The monoisotopic (exact) mass is 740 g/mol. The second-order valence-electron chi connectivity index (χ2n) is 12.7. The molecule has 1 saturated heterocycles. The molecule has 2 aromatic carbocycles. The Kier molecular flexibility index (Phi) is 8.81. The second kappa shape index (κ2) is 12.4. The fourth-order valence-corrected chi connectivity index (χ4v) is 5.91. The molecule has 18 heteroatoms. The van der Waals surface area contributed by atoms with Gasteiger partial charge in [0.25, 0.3) is 0 Å². The van der Waals surface area contributed by atoms with Gasteiger partial charge in [0.1, 0.15) is 0 Å². The largest absolute Gasteiger partial charge is 0.494 e. The molecular formula is C30H32BBrF6N8O2. The molecule has 0 bridgehead atoms. The summed E-state index contributed by atoms with van der Waals surface area (Å²) >= 11 is 3.35. The molecule has 0 spiro atoms. The Labute approximate surface area is 281 Å². The molecule has 7 rings (SSSR count). The van der Waals surface area contributed by atoms with E-state index in [0.717, 1.165) is 30.4 Å². The SMILES string of the molecule is CC1(C)OB(c2ccc(N3CCn4c(nnc4C(F)(F)F)C3)cc2)OC1(C)C.FC(F)(F)c1nnc2n1CCN(c1ccc(Br)cc1)C2. The number of benzene rings is 2. The molecule has 0 atom stereocenters. The zero-order chi connectivity index (χ0) is 34.6. The summed E-state index contributed by atoms with van der Waals surface area (Å²) < 4.78 is 92.5. The van der Waals surface area contributed by atoms with E-state index in [4.69, 9.17) is 9.31 Å². The smallest absolute Gasteiger partial charge is 0.399 e. The third-order valence-electron chi connectivity index (χ3n) is 8.99. The van der Waals surface area contributed by atoms with Gasteiger partial charge in [-0.05, 0) is 69.6 Å². The highest BCUT2D eigenvalue weighted by Gasteiger charge is 2.51. The lowest BCUT2D eigenvalue weighted by Crippen LogP contribution is -2.41. The summed E-state index contributed by atoms with van der Waals surface area (Å²) in [6, 6.07) is 15.3. The van der Waals surface area contributed by atoms with Gasteiger partial charge in [0.2, 0.25) is 11.6 Å². The van der Waals surface area contributed by atoms with Crippen LogP contribution in [0.4, 0.5) is 37.7 Å². The highest BCUT2D eigenvalue weighted by Crippen LogP contribution is 2.37. The number of aromatic nitrogens is 6. The molecule has 2 aromatic heterocycles. The molecule has 0 aliphatic carbocycles. The molecule has 0 saturated carbocycles. The van der Waals surface area contributed by atoms with Crippen LogP contribution in [-0.2, 0) is 47.8 Å².